The Balaban J connectivity index is 1.96. The lowest BCUT2D eigenvalue weighted by Gasteiger charge is -2.43. The molecule has 1 aromatic heterocycles. The molecular weight excluding hydrogens is 224 g/mol. The molecule has 0 bridgehead atoms. The van der Waals surface area contributed by atoms with Gasteiger partial charge < -0.3 is 5.32 Å². The van der Waals surface area contributed by atoms with Gasteiger partial charge >= 0.3 is 0 Å². The van der Waals surface area contributed by atoms with Gasteiger partial charge in [0.2, 0.25) is 0 Å². The molecule has 18 heavy (non-hydrogen) atoms. The molecule has 1 saturated heterocycles. The van der Waals surface area contributed by atoms with E-state index in [1.807, 2.05) is 11.7 Å². The van der Waals surface area contributed by atoms with Gasteiger partial charge in [-0.3, -0.25) is 4.68 Å². The van der Waals surface area contributed by atoms with Crippen molar-refractivity contribution in [3.8, 4) is 0 Å². The Morgan fingerprint density at radius 3 is 2.67 bits per heavy atom. The van der Waals surface area contributed by atoms with Crippen LogP contribution >= 0.6 is 0 Å². The van der Waals surface area contributed by atoms with Crippen molar-refractivity contribution < 1.29 is 0 Å². The van der Waals surface area contributed by atoms with Gasteiger partial charge in [0.05, 0.1) is 0 Å². The van der Waals surface area contributed by atoms with E-state index in [9.17, 15) is 0 Å². The molecule has 0 atom stereocenters. The van der Waals surface area contributed by atoms with Crippen molar-refractivity contribution in [2.45, 2.75) is 18.8 Å². The van der Waals surface area contributed by atoms with Crippen LogP contribution in [0.15, 0.2) is 30.6 Å². The topological polar surface area (TPSA) is 42.7 Å². The first-order valence-electron chi connectivity index (χ1n) is 6.31. The quantitative estimate of drug-likeness (QED) is 0.879. The molecule has 0 radical (unpaired) electrons. The largest absolute Gasteiger partial charge is 0.315 e. The molecule has 0 saturated carbocycles. The maximum atomic E-state index is 4.36. The molecule has 1 aromatic carbocycles. The fourth-order valence-corrected chi connectivity index (χ4v) is 2.79. The number of rotatable bonds is 3. The van der Waals surface area contributed by atoms with E-state index in [1.165, 1.54) is 11.1 Å². The number of aromatic nitrogens is 3. The Morgan fingerprint density at radius 2 is 2.11 bits per heavy atom. The molecule has 4 nitrogen and oxygen atoms in total. The molecule has 3 rings (SSSR count). The van der Waals surface area contributed by atoms with Crippen LogP contribution < -0.4 is 5.32 Å². The van der Waals surface area contributed by atoms with Crippen LogP contribution in [-0.2, 0) is 18.9 Å². The molecule has 0 amide bonds. The maximum absolute atomic E-state index is 4.36. The molecule has 1 aliphatic rings. The summed E-state index contributed by atoms with van der Waals surface area (Å²) in [6, 6.07) is 8.65. The van der Waals surface area contributed by atoms with Crippen molar-refractivity contribution in [1.29, 1.82) is 0 Å². The zero-order chi connectivity index (χ0) is 12.6. The van der Waals surface area contributed by atoms with Crippen molar-refractivity contribution in [2.24, 2.45) is 7.05 Å². The highest BCUT2D eigenvalue weighted by Crippen LogP contribution is 2.33. The first-order chi connectivity index (χ1) is 8.71. The number of hydrogen-bond acceptors (Lipinski definition) is 3. The van der Waals surface area contributed by atoms with Gasteiger partial charge in [0.25, 0.3) is 0 Å². The van der Waals surface area contributed by atoms with E-state index < -0.39 is 0 Å². The second-order valence-electron chi connectivity index (χ2n) is 5.18. The van der Waals surface area contributed by atoms with Gasteiger partial charge in [-0.1, -0.05) is 24.3 Å². The minimum atomic E-state index is 0.187. The predicted octanol–water partition coefficient (Wildman–Crippen LogP) is 1.21. The van der Waals surface area contributed by atoms with Crippen LogP contribution in [0.25, 0.3) is 0 Å². The van der Waals surface area contributed by atoms with Gasteiger partial charge in [-0.05, 0) is 18.1 Å². The Bertz CT molecular complexity index is 554. The minimum absolute atomic E-state index is 0.187. The van der Waals surface area contributed by atoms with E-state index in [4.69, 9.17) is 0 Å². The van der Waals surface area contributed by atoms with Crippen LogP contribution in [0.3, 0.4) is 0 Å². The summed E-state index contributed by atoms with van der Waals surface area (Å²) in [7, 11) is 1.96. The average Bonchev–Trinajstić information content (AvgIpc) is 2.71. The zero-order valence-electron chi connectivity index (χ0n) is 10.8. The second kappa shape index (κ2) is 4.21. The molecule has 4 heteroatoms. The van der Waals surface area contributed by atoms with Gasteiger partial charge in [-0.25, -0.2) is 4.98 Å². The summed E-state index contributed by atoms with van der Waals surface area (Å²) in [6.07, 6.45) is 2.58. The van der Waals surface area contributed by atoms with Gasteiger partial charge in [0.1, 0.15) is 12.2 Å². The highest BCUT2D eigenvalue weighted by Gasteiger charge is 2.40. The summed E-state index contributed by atoms with van der Waals surface area (Å²) in [5.41, 5.74) is 2.99. The van der Waals surface area contributed by atoms with Crippen LogP contribution in [0.4, 0.5) is 0 Å². The van der Waals surface area contributed by atoms with Crippen LogP contribution in [0, 0.1) is 6.92 Å². The van der Waals surface area contributed by atoms with Gasteiger partial charge in [0.15, 0.2) is 0 Å². The number of hydrogen-bond donors (Lipinski definition) is 1. The van der Waals surface area contributed by atoms with Crippen LogP contribution in [0.5, 0.6) is 0 Å². The summed E-state index contributed by atoms with van der Waals surface area (Å²) in [5, 5.41) is 7.56. The second-order valence-corrected chi connectivity index (χ2v) is 5.18. The maximum Gasteiger partial charge on any atom is 0.138 e. The Hall–Kier alpha value is -1.68. The van der Waals surface area contributed by atoms with E-state index in [2.05, 4.69) is 46.6 Å². The van der Waals surface area contributed by atoms with Crippen LogP contribution in [0.1, 0.15) is 17.0 Å². The van der Waals surface area contributed by atoms with E-state index in [1.54, 1.807) is 6.33 Å². The molecule has 94 valence electrons. The first kappa shape index (κ1) is 11.4. The SMILES string of the molecule is Cc1ccccc1C1(Cc2ncnn2C)CNC1. The normalized spacial score (nSPS) is 17.4. The van der Waals surface area contributed by atoms with E-state index >= 15 is 0 Å². The van der Waals surface area contributed by atoms with Crippen molar-refractivity contribution in [3.05, 3.63) is 47.5 Å². The third-order valence-corrected chi connectivity index (χ3v) is 3.94. The molecule has 0 aliphatic carbocycles. The van der Waals surface area contributed by atoms with E-state index in [-0.39, 0.29) is 5.41 Å². The molecule has 1 aliphatic heterocycles. The third-order valence-electron chi connectivity index (χ3n) is 3.94. The smallest absolute Gasteiger partial charge is 0.138 e. The molecule has 1 fully saturated rings. The third kappa shape index (κ3) is 1.73. The molecular formula is C14H18N4. The fraction of sp³-hybridized carbons (Fsp3) is 0.429. The number of benzene rings is 1. The molecule has 1 N–H and O–H groups in total. The van der Waals surface area contributed by atoms with E-state index in [0.29, 0.717) is 0 Å². The van der Waals surface area contributed by atoms with Gasteiger partial charge in [-0.2, -0.15) is 5.10 Å². The molecule has 2 heterocycles. The van der Waals surface area contributed by atoms with Crippen molar-refractivity contribution in [1.82, 2.24) is 20.1 Å². The number of aryl methyl sites for hydroxylation is 2. The summed E-state index contributed by atoms with van der Waals surface area (Å²) in [4.78, 5) is 4.36. The standard InChI is InChI=1S/C14H18N4/c1-11-5-3-4-6-12(11)14(8-15-9-14)7-13-16-10-17-18(13)2/h3-6,10,15H,7-9H2,1-2H3. The van der Waals surface area contributed by atoms with Crippen LogP contribution in [-0.4, -0.2) is 27.9 Å². The van der Waals surface area contributed by atoms with Crippen molar-refractivity contribution >= 4 is 0 Å². The summed E-state index contributed by atoms with van der Waals surface area (Å²) >= 11 is 0. The highest BCUT2D eigenvalue weighted by molar-refractivity contribution is 5.37. The van der Waals surface area contributed by atoms with Gasteiger partial charge in [-0.15, -0.1) is 0 Å². The summed E-state index contributed by atoms with van der Waals surface area (Å²) in [5.74, 6) is 1.06. The van der Waals surface area contributed by atoms with Gasteiger partial charge in [0, 0.05) is 32.0 Å². The summed E-state index contributed by atoms with van der Waals surface area (Å²) in [6.45, 7) is 4.22. The summed E-state index contributed by atoms with van der Waals surface area (Å²) < 4.78 is 1.87. The highest BCUT2D eigenvalue weighted by atomic mass is 15.3. The number of nitrogens with one attached hydrogen (secondary N) is 1. The van der Waals surface area contributed by atoms with Crippen molar-refractivity contribution in [2.75, 3.05) is 13.1 Å². The lowest BCUT2D eigenvalue weighted by Crippen LogP contribution is -2.58. The molecule has 2 aromatic rings. The monoisotopic (exact) mass is 242 g/mol. The Kier molecular flexibility index (Phi) is 2.67. The van der Waals surface area contributed by atoms with Crippen molar-refractivity contribution in [3.63, 3.8) is 0 Å². The Labute approximate surface area is 107 Å². The minimum Gasteiger partial charge on any atom is -0.315 e. The molecule has 0 unspecified atom stereocenters. The number of nitrogens with zero attached hydrogens (tertiary/aromatic N) is 3. The zero-order valence-corrected chi connectivity index (χ0v) is 10.8. The van der Waals surface area contributed by atoms with Crippen LogP contribution in [0.2, 0.25) is 0 Å². The Morgan fingerprint density at radius 1 is 1.33 bits per heavy atom. The lowest BCUT2D eigenvalue weighted by atomic mass is 9.71. The predicted molar refractivity (Wildman–Crippen MR) is 70.4 cm³/mol. The first-order valence-corrected chi connectivity index (χ1v) is 6.31. The molecule has 0 spiro atoms. The lowest BCUT2D eigenvalue weighted by molar-refractivity contribution is 0.266. The fourth-order valence-electron chi connectivity index (χ4n) is 2.79. The average molecular weight is 242 g/mol. The van der Waals surface area contributed by atoms with E-state index in [0.717, 1.165) is 25.3 Å².